The second-order valence-electron chi connectivity index (χ2n) is 6.09. The van der Waals surface area contributed by atoms with Crippen LogP contribution in [0, 0.1) is 5.82 Å². The molecule has 1 aromatic heterocycles. The summed E-state index contributed by atoms with van der Waals surface area (Å²) in [4.78, 5) is 18.9. The van der Waals surface area contributed by atoms with Crippen molar-refractivity contribution in [2.75, 3.05) is 11.9 Å². The highest BCUT2D eigenvalue weighted by atomic mass is 19.1. The van der Waals surface area contributed by atoms with Gasteiger partial charge in [0.15, 0.2) is 0 Å². The molecule has 2 aromatic carbocycles. The lowest BCUT2D eigenvalue weighted by Crippen LogP contribution is -2.28. The molecule has 138 valence electrons. The molecule has 3 aromatic rings. The molecule has 3 N–H and O–H groups in total. The number of urea groups is 1. The number of rotatable bonds is 7. The maximum Gasteiger partial charge on any atom is 0.319 e. The lowest BCUT2D eigenvalue weighted by molar-refractivity contribution is 0.253. The third-order valence-corrected chi connectivity index (χ3v) is 3.96. The van der Waals surface area contributed by atoms with E-state index in [1.54, 1.807) is 18.5 Å². The predicted molar refractivity (Wildman–Crippen MR) is 104 cm³/mol. The van der Waals surface area contributed by atoms with E-state index in [4.69, 9.17) is 0 Å². The Kier molecular flexibility index (Phi) is 6.35. The maximum atomic E-state index is 13.1. The molecular formula is C21H21FN4O. The van der Waals surface area contributed by atoms with E-state index in [1.807, 2.05) is 18.3 Å². The third kappa shape index (κ3) is 6.11. The number of aromatic nitrogens is 2. The van der Waals surface area contributed by atoms with Gasteiger partial charge in [-0.15, -0.1) is 0 Å². The van der Waals surface area contributed by atoms with Crippen molar-refractivity contribution in [1.82, 2.24) is 15.3 Å². The summed E-state index contributed by atoms with van der Waals surface area (Å²) >= 11 is 0. The molecule has 0 aliphatic heterocycles. The summed E-state index contributed by atoms with van der Waals surface area (Å²) in [5.74, 6) is -0.386. The fourth-order valence-corrected chi connectivity index (χ4v) is 2.59. The molecule has 0 fully saturated rings. The van der Waals surface area contributed by atoms with Gasteiger partial charge in [-0.1, -0.05) is 42.5 Å². The van der Waals surface area contributed by atoms with E-state index in [9.17, 15) is 9.18 Å². The molecule has 0 spiro atoms. The van der Waals surface area contributed by atoms with E-state index in [-0.39, 0.29) is 11.8 Å². The number of amides is 2. The van der Waals surface area contributed by atoms with Crippen LogP contribution in [0.1, 0.15) is 16.8 Å². The molecule has 0 aliphatic rings. The SMILES string of the molecule is O=C(NC/C=C/Cc1ccc(Cc2cnc[nH]2)cc1)Nc1cccc(F)c1. The number of hydrogen-bond donors (Lipinski definition) is 3. The summed E-state index contributed by atoms with van der Waals surface area (Å²) in [6.45, 7) is 0.402. The number of aromatic amines is 1. The first-order valence-corrected chi connectivity index (χ1v) is 8.69. The highest BCUT2D eigenvalue weighted by Crippen LogP contribution is 2.10. The van der Waals surface area contributed by atoms with Gasteiger partial charge in [-0.2, -0.15) is 0 Å². The van der Waals surface area contributed by atoms with Crippen LogP contribution in [0.2, 0.25) is 0 Å². The van der Waals surface area contributed by atoms with Gasteiger partial charge in [-0.25, -0.2) is 14.2 Å². The van der Waals surface area contributed by atoms with Gasteiger partial charge in [-0.05, 0) is 35.7 Å². The summed E-state index contributed by atoms with van der Waals surface area (Å²) in [6, 6.07) is 13.8. The van der Waals surface area contributed by atoms with Crippen LogP contribution in [0.15, 0.2) is 73.2 Å². The zero-order chi connectivity index (χ0) is 18.9. The molecule has 27 heavy (non-hydrogen) atoms. The average molecular weight is 364 g/mol. The molecule has 0 atom stereocenters. The van der Waals surface area contributed by atoms with Crippen molar-refractivity contribution in [3.8, 4) is 0 Å². The second-order valence-corrected chi connectivity index (χ2v) is 6.09. The van der Waals surface area contributed by atoms with Crippen LogP contribution in [-0.4, -0.2) is 22.5 Å². The van der Waals surface area contributed by atoms with E-state index in [2.05, 4.69) is 44.9 Å². The molecule has 0 unspecified atom stereocenters. The smallest absolute Gasteiger partial charge is 0.319 e. The third-order valence-electron chi connectivity index (χ3n) is 3.96. The number of carbonyl (C=O) groups excluding carboxylic acids is 1. The summed E-state index contributed by atoms with van der Waals surface area (Å²) in [7, 11) is 0. The molecule has 1 heterocycles. The number of hydrogen-bond acceptors (Lipinski definition) is 2. The van der Waals surface area contributed by atoms with Crippen LogP contribution in [0.5, 0.6) is 0 Å². The van der Waals surface area contributed by atoms with Crippen LogP contribution >= 0.6 is 0 Å². The van der Waals surface area contributed by atoms with Gasteiger partial charge >= 0.3 is 6.03 Å². The van der Waals surface area contributed by atoms with E-state index in [0.29, 0.717) is 12.2 Å². The van der Waals surface area contributed by atoms with Gasteiger partial charge in [0, 0.05) is 30.5 Å². The molecule has 3 rings (SSSR count). The van der Waals surface area contributed by atoms with Gasteiger partial charge < -0.3 is 15.6 Å². The lowest BCUT2D eigenvalue weighted by Gasteiger charge is -2.05. The van der Waals surface area contributed by atoms with Crippen molar-refractivity contribution in [3.05, 3.63) is 95.8 Å². The molecule has 6 heteroatoms. The van der Waals surface area contributed by atoms with E-state index >= 15 is 0 Å². The Hall–Kier alpha value is -3.41. The standard InChI is InChI=1S/C21H21FN4O/c22-18-5-3-6-19(13-18)26-21(27)24-11-2-1-4-16-7-9-17(10-8-16)12-20-14-23-15-25-20/h1-3,5-10,13-15H,4,11-12H2,(H,23,25)(H2,24,26,27)/b2-1+. The number of benzene rings is 2. The number of allylic oxidation sites excluding steroid dienone is 1. The fraction of sp³-hybridized carbons (Fsp3) is 0.143. The highest BCUT2D eigenvalue weighted by molar-refractivity contribution is 5.89. The van der Waals surface area contributed by atoms with Gasteiger partial charge in [-0.3, -0.25) is 0 Å². The van der Waals surface area contributed by atoms with Crippen LogP contribution in [0.4, 0.5) is 14.9 Å². The van der Waals surface area contributed by atoms with Gasteiger partial charge in [0.2, 0.25) is 0 Å². The number of anilines is 1. The predicted octanol–water partition coefficient (Wildman–Crippen LogP) is 4.06. The molecule has 0 saturated carbocycles. The van der Waals surface area contributed by atoms with Crippen molar-refractivity contribution in [3.63, 3.8) is 0 Å². The molecule has 2 amide bonds. The average Bonchev–Trinajstić information content (AvgIpc) is 3.16. The zero-order valence-corrected chi connectivity index (χ0v) is 14.8. The first-order valence-electron chi connectivity index (χ1n) is 8.69. The summed E-state index contributed by atoms with van der Waals surface area (Å²) in [5, 5.41) is 5.29. The minimum Gasteiger partial charge on any atom is -0.348 e. The Morgan fingerprint density at radius 1 is 1.11 bits per heavy atom. The molecule has 0 saturated heterocycles. The van der Waals surface area contributed by atoms with Crippen molar-refractivity contribution >= 4 is 11.7 Å². The van der Waals surface area contributed by atoms with Gasteiger partial charge in [0.25, 0.3) is 0 Å². The Bertz CT molecular complexity index is 889. The quantitative estimate of drug-likeness (QED) is 0.553. The van der Waals surface area contributed by atoms with Gasteiger partial charge in [0.1, 0.15) is 5.82 Å². The molecular weight excluding hydrogens is 343 g/mol. The molecule has 0 aliphatic carbocycles. The molecule has 0 bridgehead atoms. The minimum atomic E-state index is -0.386. The minimum absolute atomic E-state index is 0.367. The number of nitrogens with zero attached hydrogens (tertiary/aromatic N) is 1. The number of imidazole rings is 1. The Morgan fingerprint density at radius 2 is 1.93 bits per heavy atom. The zero-order valence-electron chi connectivity index (χ0n) is 14.8. The highest BCUT2D eigenvalue weighted by Gasteiger charge is 2.01. The number of H-pyrrole nitrogens is 1. The number of halogens is 1. The van der Waals surface area contributed by atoms with E-state index in [0.717, 1.165) is 18.5 Å². The normalized spacial score (nSPS) is 10.9. The maximum absolute atomic E-state index is 13.1. The van der Waals surface area contributed by atoms with Gasteiger partial charge in [0.05, 0.1) is 6.33 Å². The van der Waals surface area contributed by atoms with Crippen LogP contribution in [-0.2, 0) is 12.8 Å². The van der Waals surface area contributed by atoms with Crippen LogP contribution in [0.3, 0.4) is 0 Å². The summed E-state index contributed by atoms with van der Waals surface area (Å²) in [5.41, 5.74) is 3.93. The van der Waals surface area contributed by atoms with Crippen molar-refractivity contribution in [1.29, 1.82) is 0 Å². The monoisotopic (exact) mass is 364 g/mol. The van der Waals surface area contributed by atoms with Crippen molar-refractivity contribution < 1.29 is 9.18 Å². The first kappa shape index (κ1) is 18.4. The first-order chi connectivity index (χ1) is 13.2. The Labute approximate surface area is 157 Å². The van der Waals surface area contributed by atoms with Crippen molar-refractivity contribution in [2.45, 2.75) is 12.8 Å². The van der Waals surface area contributed by atoms with Crippen LogP contribution in [0.25, 0.3) is 0 Å². The summed E-state index contributed by atoms with van der Waals surface area (Å²) in [6.07, 6.45) is 9.03. The topological polar surface area (TPSA) is 69.8 Å². The Morgan fingerprint density at radius 3 is 2.67 bits per heavy atom. The summed E-state index contributed by atoms with van der Waals surface area (Å²) < 4.78 is 13.1. The lowest BCUT2D eigenvalue weighted by atomic mass is 10.1. The second kappa shape index (κ2) is 9.33. The van der Waals surface area contributed by atoms with Crippen LogP contribution < -0.4 is 10.6 Å². The Balaban J connectivity index is 1.38. The van der Waals surface area contributed by atoms with E-state index < -0.39 is 0 Å². The molecule has 0 radical (unpaired) electrons. The van der Waals surface area contributed by atoms with E-state index in [1.165, 1.54) is 23.3 Å². The molecule has 5 nitrogen and oxygen atoms in total. The number of carbonyl (C=O) groups is 1. The van der Waals surface area contributed by atoms with Crippen molar-refractivity contribution in [2.24, 2.45) is 0 Å². The number of nitrogens with one attached hydrogen (secondary N) is 3. The fourth-order valence-electron chi connectivity index (χ4n) is 2.59. The largest absolute Gasteiger partial charge is 0.348 e.